The lowest BCUT2D eigenvalue weighted by Crippen LogP contribution is -2.30. The Morgan fingerprint density at radius 3 is 2.65 bits per heavy atom. The van der Waals surface area contributed by atoms with Crippen LogP contribution in [0.1, 0.15) is 12.8 Å². The molecule has 1 amide bonds. The number of halogens is 1. The highest BCUT2D eigenvalue weighted by atomic mass is 35.5. The number of aliphatic carboxylic acids is 1. The van der Waals surface area contributed by atoms with Gasteiger partial charge in [-0.05, 0) is 30.7 Å². The topological polar surface area (TPSA) is 66.8 Å². The quantitative estimate of drug-likeness (QED) is 0.903. The molecule has 1 aromatic carbocycles. The van der Waals surface area contributed by atoms with Gasteiger partial charge in [-0.1, -0.05) is 11.6 Å². The molecular weight excluding hydrogens is 282 g/mol. The van der Waals surface area contributed by atoms with Gasteiger partial charge >= 0.3 is 5.97 Å². The third-order valence-electron chi connectivity index (χ3n) is 3.29. The maximum atomic E-state index is 11.9. The highest BCUT2D eigenvalue weighted by Gasteiger charge is 2.30. The third-order valence-corrected chi connectivity index (χ3v) is 3.54. The number of amides is 1. The average molecular weight is 298 g/mol. The van der Waals surface area contributed by atoms with Crippen LogP contribution in [0, 0.1) is 5.92 Å². The van der Waals surface area contributed by atoms with Gasteiger partial charge in [-0.25, -0.2) is 0 Å². The molecule has 0 bridgehead atoms. The zero-order valence-electron chi connectivity index (χ0n) is 10.9. The summed E-state index contributed by atoms with van der Waals surface area (Å²) in [5, 5.41) is 9.52. The predicted molar refractivity (Wildman–Crippen MR) is 73.9 cm³/mol. The molecule has 0 spiro atoms. The maximum Gasteiger partial charge on any atom is 0.308 e. The van der Waals surface area contributed by atoms with E-state index < -0.39 is 11.9 Å². The first-order valence-corrected chi connectivity index (χ1v) is 6.83. The molecule has 1 aromatic rings. The van der Waals surface area contributed by atoms with E-state index in [2.05, 4.69) is 0 Å². The van der Waals surface area contributed by atoms with Crippen molar-refractivity contribution in [1.29, 1.82) is 0 Å². The minimum absolute atomic E-state index is 0.0669. The number of carboxylic acids is 1. The maximum absolute atomic E-state index is 11.9. The van der Waals surface area contributed by atoms with E-state index >= 15 is 0 Å². The molecule has 0 aromatic heterocycles. The number of carbonyl (C=O) groups excluding carboxylic acids is 1. The van der Waals surface area contributed by atoms with E-state index in [9.17, 15) is 9.59 Å². The van der Waals surface area contributed by atoms with Gasteiger partial charge in [0.25, 0.3) is 0 Å². The molecule has 1 aliphatic heterocycles. The molecule has 20 heavy (non-hydrogen) atoms. The fourth-order valence-corrected chi connectivity index (χ4v) is 2.26. The molecule has 0 radical (unpaired) electrons. The molecule has 6 heteroatoms. The van der Waals surface area contributed by atoms with Crippen molar-refractivity contribution in [1.82, 2.24) is 4.90 Å². The van der Waals surface area contributed by atoms with Crippen LogP contribution in [0.3, 0.4) is 0 Å². The highest BCUT2D eigenvalue weighted by Crippen LogP contribution is 2.18. The Kier molecular flexibility index (Phi) is 4.84. The number of benzene rings is 1. The summed E-state index contributed by atoms with van der Waals surface area (Å²) in [6, 6.07) is 6.92. The van der Waals surface area contributed by atoms with Crippen LogP contribution in [-0.2, 0) is 9.59 Å². The lowest BCUT2D eigenvalue weighted by Gasteiger charge is -2.15. The van der Waals surface area contributed by atoms with Gasteiger partial charge in [-0.3, -0.25) is 9.59 Å². The molecule has 1 N–H and O–H groups in total. The Labute approximate surface area is 122 Å². The summed E-state index contributed by atoms with van der Waals surface area (Å²) in [4.78, 5) is 24.3. The number of carboxylic acid groups (broad SMARTS) is 1. The van der Waals surface area contributed by atoms with E-state index in [0.717, 1.165) is 0 Å². The molecule has 108 valence electrons. The molecule has 1 heterocycles. The minimum Gasteiger partial charge on any atom is -0.493 e. The van der Waals surface area contributed by atoms with Crippen LogP contribution in [0.15, 0.2) is 24.3 Å². The molecule has 0 saturated carbocycles. The third kappa shape index (κ3) is 3.87. The summed E-state index contributed by atoms with van der Waals surface area (Å²) in [6.07, 6.45) is 0.772. The normalized spacial score (nSPS) is 18.1. The van der Waals surface area contributed by atoms with Crippen LogP contribution in [0.25, 0.3) is 0 Å². The molecule has 1 saturated heterocycles. The Hall–Kier alpha value is -1.75. The number of likely N-dealkylation sites (tertiary alicyclic amines) is 1. The number of nitrogens with zero attached hydrogens (tertiary/aromatic N) is 1. The molecule has 1 atom stereocenters. The average Bonchev–Trinajstić information content (AvgIpc) is 2.91. The summed E-state index contributed by atoms with van der Waals surface area (Å²) >= 11 is 5.76. The molecule has 2 rings (SSSR count). The SMILES string of the molecule is O=C(O)[C@@H]1CCN(C(=O)CCOc2ccc(Cl)cc2)C1. The van der Waals surface area contributed by atoms with Gasteiger partial charge < -0.3 is 14.7 Å². The summed E-state index contributed by atoms with van der Waals surface area (Å²) < 4.78 is 5.44. The molecule has 5 nitrogen and oxygen atoms in total. The Morgan fingerprint density at radius 1 is 1.35 bits per heavy atom. The molecule has 1 fully saturated rings. The van der Waals surface area contributed by atoms with Gasteiger partial charge in [0.2, 0.25) is 5.91 Å². The van der Waals surface area contributed by atoms with Crippen molar-refractivity contribution in [2.75, 3.05) is 19.7 Å². The van der Waals surface area contributed by atoms with E-state index in [1.807, 2.05) is 0 Å². The first-order chi connectivity index (χ1) is 9.56. The lowest BCUT2D eigenvalue weighted by atomic mass is 10.1. The predicted octanol–water partition coefficient (Wildman–Crippen LogP) is 2.04. The van der Waals surface area contributed by atoms with Gasteiger partial charge in [0, 0.05) is 18.1 Å². The van der Waals surface area contributed by atoms with Crippen molar-refractivity contribution in [2.24, 2.45) is 5.92 Å². The summed E-state index contributed by atoms with van der Waals surface area (Å²) in [5.41, 5.74) is 0. The van der Waals surface area contributed by atoms with Crippen LogP contribution >= 0.6 is 11.6 Å². The van der Waals surface area contributed by atoms with Crippen molar-refractivity contribution in [2.45, 2.75) is 12.8 Å². The van der Waals surface area contributed by atoms with Gasteiger partial charge in [-0.15, -0.1) is 0 Å². The Morgan fingerprint density at radius 2 is 2.05 bits per heavy atom. The summed E-state index contributed by atoms with van der Waals surface area (Å²) in [7, 11) is 0. The second-order valence-electron chi connectivity index (χ2n) is 4.72. The van der Waals surface area contributed by atoms with Crippen molar-refractivity contribution in [3.05, 3.63) is 29.3 Å². The van der Waals surface area contributed by atoms with Crippen molar-refractivity contribution < 1.29 is 19.4 Å². The number of ether oxygens (including phenoxy) is 1. The largest absolute Gasteiger partial charge is 0.493 e. The number of hydrogen-bond acceptors (Lipinski definition) is 3. The van der Waals surface area contributed by atoms with Crippen LogP contribution in [0.4, 0.5) is 0 Å². The van der Waals surface area contributed by atoms with Crippen molar-refractivity contribution >= 4 is 23.5 Å². The van der Waals surface area contributed by atoms with Gasteiger partial charge in [-0.2, -0.15) is 0 Å². The molecule has 1 aliphatic rings. The number of hydrogen-bond donors (Lipinski definition) is 1. The second-order valence-corrected chi connectivity index (χ2v) is 5.15. The highest BCUT2D eigenvalue weighted by molar-refractivity contribution is 6.30. The lowest BCUT2D eigenvalue weighted by molar-refractivity contribution is -0.141. The number of carbonyl (C=O) groups is 2. The molecular formula is C14H16ClNO4. The zero-order chi connectivity index (χ0) is 14.5. The van der Waals surface area contributed by atoms with Crippen LogP contribution in [0.2, 0.25) is 5.02 Å². The van der Waals surface area contributed by atoms with E-state index in [-0.39, 0.29) is 18.9 Å². The van der Waals surface area contributed by atoms with Crippen molar-refractivity contribution in [3.8, 4) is 5.75 Å². The van der Waals surface area contributed by atoms with Gasteiger partial charge in [0.1, 0.15) is 5.75 Å². The van der Waals surface area contributed by atoms with Crippen LogP contribution in [0.5, 0.6) is 5.75 Å². The first-order valence-electron chi connectivity index (χ1n) is 6.45. The summed E-state index contributed by atoms with van der Waals surface area (Å²) in [6.45, 7) is 1.08. The molecule has 0 aliphatic carbocycles. The van der Waals surface area contributed by atoms with Crippen molar-refractivity contribution in [3.63, 3.8) is 0 Å². The van der Waals surface area contributed by atoms with Gasteiger partial charge in [0.05, 0.1) is 18.9 Å². The monoisotopic (exact) mass is 297 g/mol. The van der Waals surface area contributed by atoms with Gasteiger partial charge in [0.15, 0.2) is 0 Å². The van der Waals surface area contributed by atoms with E-state index in [4.69, 9.17) is 21.4 Å². The minimum atomic E-state index is -0.835. The fraction of sp³-hybridized carbons (Fsp3) is 0.429. The second kappa shape index (κ2) is 6.61. The Balaban J connectivity index is 1.73. The Bertz CT molecular complexity index is 488. The standard InChI is InChI=1S/C14H16ClNO4/c15-11-1-3-12(4-2-11)20-8-6-13(17)16-7-5-10(9-16)14(18)19/h1-4,10H,5-9H2,(H,18,19)/t10-/m1/s1. The first kappa shape index (κ1) is 14.7. The smallest absolute Gasteiger partial charge is 0.308 e. The van der Waals surface area contributed by atoms with Crippen LogP contribution < -0.4 is 4.74 Å². The number of rotatable bonds is 5. The zero-order valence-corrected chi connectivity index (χ0v) is 11.7. The summed E-state index contributed by atoms with van der Waals surface area (Å²) in [5.74, 6) is -0.677. The fourth-order valence-electron chi connectivity index (χ4n) is 2.13. The van der Waals surface area contributed by atoms with E-state index in [1.165, 1.54) is 0 Å². The molecule has 0 unspecified atom stereocenters. The van der Waals surface area contributed by atoms with Crippen LogP contribution in [-0.4, -0.2) is 41.6 Å². The van der Waals surface area contributed by atoms with E-state index in [0.29, 0.717) is 30.3 Å². The van der Waals surface area contributed by atoms with E-state index in [1.54, 1.807) is 29.2 Å².